The normalized spacial score (nSPS) is 19.9. The Morgan fingerprint density at radius 1 is 1.56 bits per heavy atom. The highest BCUT2D eigenvalue weighted by molar-refractivity contribution is 6.02. The Morgan fingerprint density at radius 3 is 2.56 bits per heavy atom. The zero-order valence-corrected chi connectivity index (χ0v) is 9.19. The van der Waals surface area contributed by atoms with Crippen LogP contribution >= 0.6 is 0 Å². The van der Waals surface area contributed by atoms with E-state index in [1.807, 2.05) is 0 Å². The largest absolute Gasteiger partial charge is 0.386 e. The summed E-state index contributed by atoms with van der Waals surface area (Å²) in [5.41, 5.74) is 0.417. The summed E-state index contributed by atoms with van der Waals surface area (Å²) in [5.74, 6) is -0.283. The number of ether oxygens (including phenoxy) is 1. The Labute approximate surface area is 93.6 Å². The highest BCUT2D eigenvalue weighted by Gasteiger charge is 2.33. The highest BCUT2D eigenvalue weighted by Crippen LogP contribution is 2.17. The predicted molar refractivity (Wildman–Crippen MR) is 58.7 cm³/mol. The van der Waals surface area contributed by atoms with Crippen molar-refractivity contribution in [1.29, 1.82) is 0 Å². The summed E-state index contributed by atoms with van der Waals surface area (Å²) >= 11 is 0. The first-order chi connectivity index (χ1) is 7.58. The van der Waals surface area contributed by atoms with E-state index >= 15 is 0 Å². The molecule has 16 heavy (non-hydrogen) atoms. The molecule has 1 atom stereocenters. The summed E-state index contributed by atoms with van der Waals surface area (Å²) in [7, 11) is 0. The number of nitrogens with zero attached hydrogens (tertiary/aromatic N) is 1. The van der Waals surface area contributed by atoms with Crippen molar-refractivity contribution >= 4 is 11.7 Å². The van der Waals surface area contributed by atoms with Crippen molar-refractivity contribution in [3.05, 3.63) is 28.4 Å². The molecule has 0 aromatic carbocycles. The van der Waals surface area contributed by atoms with E-state index < -0.39 is 0 Å². The molecule has 1 amide bonds. The molecule has 1 N–H and O–H groups in total. The van der Waals surface area contributed by atoms with Gasteiger partial charge in [-0.1, -0.05) is 6.08 Å². The van der Waals surface area contributed by atoms with Crippen LogP contribution in [0.4, 0.5) is 0 Å². The van der Waals surface area contributed by atoms with Crippen molar-refractivity contribution in [3.63, 3.8) is 0 Å². The number of ketones is 1. The Morgan fingerprint density at radius 2 is 2.19 bits per heavy atom. The van der Waals surface area contributed by atoms with Gasteiger partial charge in [0.25, 0.3) is 0 Å². The van der Waals surface area contributed by atoms with Crippen molar-refractivity contribution in [1.82, 2.24) is 5.32 Å². The topological polar surface area (TPSA) is 63.1 Å². The molecule has 1 rings (SSSR count). The molecule has 5 nitrogen and oxygen atoms in total. The Balaban J connectivity index is 2.80. The van der Waals surface area contributed by atoms with Crippen molar-refractivity contribution in [2.24, 2.45) is 0 Å². The third-order valence-corrected chi connectivity index (χ3v) is 1.96. The van der Waals surface area contributed by atoms with Crippen LogP contribution in [0.5, 0.6) is 0 Å². The summed E-state index contributed by atoms with van der Waals surface area (Å²) in [6, 6.07) is 0. The number of amides is 1. The van der Waals surface area contributed by atoms with Crippen LogP contribution in [0.15, 0.2) is 23.5 Å². The van der Waals surface area contributed by atoms with E-state index in [2.05, 4.69) is 10.2 Å². The number of carbonyl (C=O) groups is 2. The average molecular weight is 221 g/mol. The second-order valence-corrected chi connectivity index (χ2v) is 3.27. The fourth-order valence-electron chi connectivity index (χ4n) is 1.12. The molecule has 1 aliphatic rings. The van der Waals surface area contributed by atoms with E-state index in [1.165, 1.54) is 13.0 Å². The van der Waals surface area contributed by atoms with E-state index in [-0.39, 0.29) is 23.6 Å². The number of Topliss-reactive ketones (excluding diaryl/α,β-unsaturated/α-hetero) is 1. The van der Waals surface area contributed by atoms with E-state index in [4.69, 9.17) is 11.3 Å². The highest BCUT2D eigenvalue weighted by atomic mass is 16.6. The molecule has 1 unspecified atom stereocenters. The second kappa shape index (κ2) is 5.24. The maximum atomic E-state index is 11.6. The van der Waals surface area contributed by atoms with Gasteiger partial charge in [0.15, 0.2) is 5.78 Å². The van der Waals surface area contributed by atoms with Crippen LogP contribution in [0.1, 0.15) is 13.8 Å². The van der Waals surface area contributed by atoms with E-state index in [0.717, 1.165) is 0 Å². The standard InChI is InChI=1S/C11H12N2O3/c1-4-8(11(15)9-6-16-9)5-10(12-3)13-7(2)14/h3-5,9H,6H2,1-2H3/p+1/b8-4+,10-5+. The number of allylic oxidation sites excluding steroid dienone is 2. The van der Waals surface area contributed by atoms with Crippen molar-refractivity contribution in [3.8, 4) is 6.57 Å². The minimum atomic E-state index is -0.362. The van der Waals surface area contributed by atoms with Crippen LogP contribution in [0.2, 0.25) is 0 Å². The third-order valence-electron chi connectivity index (χ3n) is 1.96. The summed E-state index contributed by atoms with van der Waals surface area (Å²) in [4.78, 5) is 25.8. The number of nitrogens with one attached hydrogen (secondary N) is 1. The molecule has 1 aliphatic heterocycles. The average Bonchev–Trinajstić information content (AvgIpc) is 3.06. The first kappa shape index (κ1) is 12.1. The molecule has 84 valence electrons. The number of epoxide rings is 1. The smallest absolute Gasteiger partial charge is 0.364 e. The van der Waals surface area contributed by atoms with Crippen LogP contribution in [0.3, 0.4) is 0 Å². The van der Waals surface area contributed by atoms with Crippen LogP contribution in [-0.2, 0) is 14.3 Å². The summed E-state index contributed by atoms with van der Waals surface area (Å²) in [6.07, 6.45) is 2.68. The Bertz CT molecular complexity index is 411. The molecule has 0 saturated carbocycles. The van der Waals surface area contributed by atoms with Gasteiger partial charge in [-0.2, -0.15) is 10.2 Å². The lowest BCUT2D eigenvalue weighted by Crippen LogP contribution is -2.18. The second-order valence-electron chi connectivity index (χ2n) is 3.27. The minimum Gasteiger partial charge on any atom is -0.364 e. The van der Waals surface area contributed by atoms with Gasteiger partial charge in [0, 0.05) is 12.5 Å². The van der Waals surface area contributed by atoms with E-state index in [0.29, 0.717) is 12.2 Å². The third kappa shape index (κ3) is 3.33. The number of rotatable bonds is 4. The number of hydrogen-bond donors (Lipinski definition) is 1. The van der Waals surface area contributed by atoms with Gasteiger partial charge in [0.05, 0.1) is 12.7 Å². The molecule has 0 bridgehead atoms. The molecule has 5 heteroatoms. The summed E-state index contributed by atoms with van der Waals surface area (Å²) < 4.78 is 4.88. The minimum absolute atomic E-state index is 0.131. The summed E-state index contributed by atoms with van der Waals surface area (Å²) in [6.45, 7) is 8.58. The first-order valence-electron chi connectivity index (χ1n) is 4.80. The zero-order valence-electron chi connectivity index (χ0n) is 9.19. The molecule has 1 fully saturated rings. The lowest BCUT2D eigenvalue weighted by atomic mass is 10.1. The van der Waals surface area contributed by atoms with Crippen molar-refractivity contribution in [2.45, 2.75) is 20.0 Å². The first-order valence-corrected chi connectivity index (χ1v) is 4.80. The maximum absolute atomic E-state index is 11.6. The quantitative estimate of drug-likeness (QED) is 0.434. The monoisotopic (exact) mass is 221 g/mol. The van der Waals surface area contributed by atoms with Gasteiger partial charge >= 0.3 is 11.7 Å². The van der Waals surface area contributed by atoms with Gasteiger partial charge in [-0.3, -0.25) is 4.79 Å². The van der Waals surface area contributed by atoms with Gasteiger partial charge in [-0.05, 0) is 6.92 Å². The molecule has 1 saturated heterocycles. The fourth-order valence-corrected chi connectivity index (χ4v) is 1.12. The van der Waals surface area contributed by atoms with Gasteiger partial charge in [-0.25, -0.2) is 4.79 Å². The van der Waals surface area contributed by atoms with Crippen LogP contribution in [-0.4, -0.2) is 24.4 Å². The molecule has 0 aromatic heterocycles. The molecular formula is C11H13N2O3+. The van der Waals surface area contributed by atoms with Gasteiger partial charge in [0.2, 0.25) is 0 Å². The molecule has 1 heterocycles. The Kier molecular flexibility index (Phi) is 3.97. The maximum Gasteiger partial charge on any atom is 0.386 e. The van der Waals surface area contributed by atoms with Crippen LogP contribution < -0.4 is 5.32 Å². The fraction of sp³-hybridized carbons (Fsp3) is 0.364. The predicted octanol–water partition coefficient (Wildman–Crippen LogP) is 0.841. The molecule has 0 spiro atoms. The SMILES string of the molecule is C#[N+]/C(=C\C(=C/C)C(=O)C1CO1)NC(C)=O. The van der Waals surface area contributed by atoms with E-state index in [9.17, 15) is 9.59 Å². The van der Waals surface area contributed by atoms with Crippen molar-refractivity contribution < 1.29 is 14.3 Å². The zero-order chi connectivity index (χ0) is 12.1. The van der Waals surface area contributed by atoms with E-state index in [1.54, 1.807) is 13.0 Å². The summed E-state index contributed by atoms with van der Waals surface area (Å²) in [5, 5.41) is 2.41. The van der Waals surface area contributed by atoms with Crippen LogP contribution in [0.25, 0.3) is 4.85 Å². The molecule has 0 aromatic rings. The van der Waals surface area contributed by atoms with Crippen LogP contribution in [0, 0.1) is 6.57 Å². The Hall–Kier alpha value is -1.93. The molecule has 0 aliphatic carbocycles. The number of carbonyl (C=O) groups excluding carboxylic acids is 2. The van der Waals surface area contributed by atoms with Crippen molar-refractivity contribution in [2.75, 3.05) is 6.61 Å². The lowest BCUT2D eigenvalue weighted by molar-refractivity contribution is -0.118. The van der Waals surface area contributed by atoms with Gasteiger partial charge in [0.1, 0.15) is 12.7 Å². The van der Waals surface area contributed by atoms with Gasteiger partial charge < -0.3 is 4.74 Å². The van der Waals surface area contributed by atoms with Gasteiger partial charge in [-0.15, -0.1) is 0 Å². The lowest BCUT2D eigenvalue weighted by Gasteiger charge is -1.95. The molecular weight excluding hydrogens is 208 g/mol. The molecule has 0 radical (unpaired) electrons. The number of hydrogen-bond acceptors (Lipinski definition) is 3.